The van der Waals surface area contributed by atoms with Gasteiger partial charge in [0, 0.05) is 12.6 Å². The molecule has 0 aromatic heterocycles. The van der Waals surface area contributed by atoms with Crippen LogP contribution in [0.3, 0.4) is 0 Å². The maximum atomic E-state index is 11.7. The molecule has 25 heavy (non-hydrogen) atoms. The van der Waals surface area contributed by atoms with Gasteiger partial charge >= 0.3 is 5.97 Å². The summed E-state index contributed by atoms with van der Waals surface area (Å²) in [5.41, 5.74) is 3.28. The second kappa shape index (κ2) is 6.73. The molecule has 4 heteroatoms. The average molecular weight is 342 g/mol. The molecule has 136 valence electrons. The highest BCUT2D eigenvalue weighted by Gasteiger charge is 2.48. The van der Waals surface area contributed by atoms with Gasteiger partial charge in [-0.3, -0.25) is 14.6 Å². The van der Waals surface area contributed by atoms with Gasteiger partial charge in [0.15, 0.2) is 0 Å². The monoisotopic (exact) mass is 342 g/mol. The molecule has 0 saturated carbocycles. The second-order valence-electron chi connectivity index (χ2n) is 8.40. The molecule has 1 spiro atoms. The zero-order valence-corrected chi connectivity index (χ0v) is 15.3. The van der Waals surface area contributed by atoms with E-state index in [1.807, 2.05) is 0 Å². The van der Waals surface area contributed by atoms with Crippen LogP contribution in [0.15, 0.2) is 24.3 Å². The van der Waals surface area contributed by atoms with Crippen molar-refractivity contribution in [3.8, 4) is 0 Å². The van der Waals surface area contributed by atoms with E-state index in [1.165, 1.54) is 24.0 Å². The maximum Gasteiger partial charge on any atom is 0.320 e. The van der Waals surface area contributed by atoms with Crippen molar-refractivity contribution in [2.24, 2.45) is 5.41 Å². The molecule has 3 aliphatic rings. The molecule has 1 aromatic carbocycles. The lowest BCUT2D eigenvalue weighted by Gasteiger charge is -2.42. The lowest BCUT2D eigenvalue weighted by Crippen LogP contribution is -2.46. The summed E-state index contributed by atoms with van der Waals surface area (Å²) >= 11 is 0. The van der Waals surface area contributed by atoms with Crippen LogP contribution in [0.4, 0.5) is 0 Å². The van der Waals surface area contributed by atoms with E-state index in [1.54, 1.807) is 0 Å². The SMILES string of the molecule is CCCN1CC2(CCN(C3Cc4ccccc4C3)CC2)CC1C(=O)O. The number of carboxylic acid groups (broad SMARTS) is 1. The third-order valence-corrected chi connectivity index (χ3v) is 6.81. The number of carboxylic acids is 1. The van der Waals surface area contributed by atoms with Crippen LogP contribution in [0.1, 0.15) is 43.7 Å². The molecule has 0 bridgehead atoms. The van der Waals surface area contributed by atoms with Crippen molar-refractivity contribution < 1.29 is 9.90 Å². The molecule has 2 heterocycles. The van der Waals surface area contributed by atoms with Crippen molar-refractivity contribution in [3.63, 3.8) is 0 Å². The Labute approximate surface area is 150 Å². The summed E-state index contributed by atoms with van der Waals surface area (Å²) in [5, 5.41) is 9.60. The van der Waals surface area contributed by atoms with Gasteiger partial charge in [0.05, 0.1) is 0 Å². The van der Waals surface area contributed by atoms with E-state index in [4.69, 9.17) is 0 Å². The molecule has 2 aliphatic heterocycles. The van der Waals surface area contributed by atoms with Crippen molar-refractivity contribution in [1.82, 2.24) is 9.80 Å². The number of likely N-dealkylation sites (tertiary alicyclic amines) is 2. The zero-order chi connectivity index (χ0) is 17.4. The zero-order valence-electron chi connectivity index (χ0n) is 15.3. The first-order chi connectivity index (χ1) is 12.1. The number of rotatable bonds is 4. The first kappa shape index (κ1) is 17.0. The van der Waals surface area contributed by atoms with Crippen LogP contribution in [0.5, 0.6) is 0 Å². The third kappa shape index (κ3) is 3.22. The molecule has 0 amide bonds. The number of hydrogen-bond acceptors (Lipinski definition) is 3. The van der Waals surface area contributed by atoms with Gasteiger partial charge in [-0.25, -0.2) is 0 Å². The molecule has 4 rings (SSSR count). The molecule has 1 aromatic rings. The summed E-state index contributed by atoms with van der Waals surface area (Å²) < 4.78 is 0. The van der Waals surface area contributed by atoms with E-state index in [9.17, 15) is 9.90 Å². The van der Waals surface area contributed by atoms with E-state index < -0.39 is 5.97 Å². The number of benzene rings is 1. The Hall–Kier alpha value is -1.39. The molecule has 1 aliphatic carbocycles. The molecular formula is C21H30N2O2. The summed E-state index contributed by atoms with van der Waals surface area (Å²) in [6.07, 6.45) is 6.56. The van der Waals surface area contributed by atoms with E-state index >= 15 is 0 Å². The molecule has 2 fully saturated rings. The Morgan fingerprint density at radius 3 is 2.40 bits per heavy atom. The maximum absolute atomic E-state index is 11.7. The van der Waals surface area contributed by atoms with Crippen molar-refractivity contribution in [3.05, 3.63) is 35.4 Å². The summed E-state index contributed by atoms with van der Waals surface area (Å²) in [6, 6.07) is 9.24. The Bertz CT molecular complexity index is 612. The molecule has 4 nitrogen and oxygen atoms in total. The van der Waals surface area contributed by atoms with Crippen LogP contribution in [-0.4, -0.2) is 59.1 Å². The lowest BCUT2D eigenvalue weighted by molar-refractivity contribution is -0.142. The fourth-order valence-corrected chi connectivity index (χ4v) is 5.43. The van der Waals surface area contributed by atoms with Crippen LogP contribution in [-0.2, 0) is 17.6 Å². The van der Waals surface area contributed by atoms with Gasteiger partial charge in [0.2, 0.25) is 0 Å². The minimum absolute atomic E-state index is 0.236. The normalized spacial score (nSPS) is 27.0. The molecule has 1 unspecified atom stereocenters. The number of piperidine rings is 1. The largest absolute Gasteiger partial charge is 0.480 e. The van der Waals surface area contributed by atoms with Crippen LogP contribution < -0.4 is 0 Å². The first-order valence-corrected chi connectivity index (χ1v) is 9.88. The molecule has 1 atom stereocenters. The molecule has 2 saturated heterocycles. The summed E-state index contributed by atoms with van der Waals surface area (Å²) in [7, 11) is 0. The van der Waals surface area contributed by atoms with Gasteiger partial charge in [0.1, 0.15) is 6.04 Å². The predicted molar refractivity (Wildman–Crippen MR) is 98.8 cm³/mol. The van der Waals surface area contributed by atoms with Crippen LogP contribution in [0.2, 0.25) is 0 Å². The second-order valence-corrected chi connectivity index (χ2v) is 8.40. The smallest absolute Gasteiger partial charge is 0.320 e. The molecule has 0 radical (unpaired) electrons. The Morgan fingerprint density at radius 1 is 1.20 bits per heavy atom. The number of fused-ring (bicyclic) bond motifs is 1. The van der Waals surface area contributed by atoms with Crippen molar-refractivity contribution in [2.75, 3.05) is 26.2 Å². The van der Waals surface area contributed by atoms with Gasteiger partial charge in [-0.1, -0.05) is 31.2 Å². The van der Waals surface area contributed by atoms with Crippen LogP contribution in [0, 0.1) is 5.41 Å². The van der Waals surface area contributed by atoms with E-state index in [-0.39, 0.29) is 11.5 Å². The first-order valence-electron chi connectivity index (χ1n) is 9.88. The predicted octanol–water partition coefficient (Wildman–Crippen LogP) is 2.80. The van der Waals surface area contributed by atoms with Gasteiger partial charge in [-0.15, -0.1) is 0 Å². The Balaban J connectivity index is 1.38. The highest BCUT2D eigenvalue weighted by atomic mass is 16.4. The van der Waals surface area contributed by atoms with E-state index in [2.05, 4.69) is 41.0 Å². The van der Waals surface area contributed by atoms with Crippen LogP contribution in [0.25, 0.3) is 0 Å². The number of hydrogen-bond donors (Lipinski definition) is 1. The highest BCUT2D eigenvalue weighted by molar-refractivity contribution is 5.74. The van der Waals surface area contributed by atoms with Gasteiger partial charge < -0.3 is 5.11 Å². The Kier molecular flexibility index (Phi) is 4.59. The minimum Gasteiger partial charge on any atom is -0.480 e. The lowest BCUT2D eigenvalue weighted by atomic mass is 9.76. The number of aliphatic carboxylic acids is 1. The molecule has 1 N–H and O–H groups in total. The van der Waals surface area contributed by atoms with Gasteiger partial charge in [-0.2, -0.15) is 0 Å². The number of carbonyl (C=O) groups is 1. The average Bonchev–Trinajstić information content (AvgIpc) is 3.18. The standard InChI is InChI=1S/C21H30N2O2/c1-2-9-23-15-21(14-19(23)20(24)25)7-10-22(11-8-21)18-12-16-5-3-4-6-17(16)13-18/h3-6,18-19H,2,7-15H2,1H3,(H,24,25). The van der Waals surface area contributed by atoms with Crippen LogP contribution >= 0.6 is 0 Å². The summed E-state index contributed by atoms with van der Waals surface area (Å²) in [4.78, 5) is 16.6. The van der Waals surface area contributed by atoms with Crippen molar-refractivity contribution >= 4 is 5.97 Å². The van der Waals surface area contributed by atoms with Gasteiger partial charge in [0.25, 0.3) is 0 Å². The van der Waals surface area contributed by atoms with Crippen molar-refractivity contribution in [1.29, 1.82) is 0 Å². The van der Waals surface area contributed by atoms with E-state index in [0.717, 1.165) is 51.9 Å². The number of nitrogens with zero attached hydrogens (tertiary/aromatic N) is 2. The fraction of sp³-hybridized carbons (Fsp3) is 0.667. The minimum atomic E-state index is -0.626. The van der Waals surface area contributed by atoms with E-state index in [0.29, 0.717) is 6.04 Å². The quantitative estimate of drug-likeness (QED) is 0.914. The third-order valence-electron chi connectivity index (χ3n) is 6.81. The summed E-state index contributed by atoms with van der Waals surface area (Å²) in [6.45, 7) is 6.30. The molecular weight excluding hydrogens is 312 g/mol. The topological polar surface area (TPSA) is 43.8 Å². The van der Waals surface area contributed by atoms with Crippen molar-refractivity contribution in [2.45, 2.75) is 57.5 Å². The summed E-state index contributed by atoms with van der Waals surface area (Å²) in [5.74, 6) is -0.626. The van der Waals surface area contributed by atoms with Gasteiger partial charge in [-0.05, 0) is 74.7 Å². The Morgan fingerprint density at radius 2 is 1.84 bits per heavy atom. The fourth-order valence-electron chi connectivity index (χ4n) is 5.43. The highest BCUT2D eigenvalue weighted by Crippen LogP contribution is 2.44.